The molecule has 0 bridgehead atoms. The SMILES string of the molecule is CN=C(C)S/N=C/C(C)C. The van der Waals surface area contributed by atoms with E-state index in [0.717, 1.165) is 5.04 Å². The molecule has 0 N–H and O–H groups in total. The summed E-state index contributed by atoms with van der Waals surface area (Å²) in [5.74, 6) is 0.525. The summed E-state index contributed by atoms with van der Waals surface area (Å²) in [6.07, 6.45) is 1.92. The van der Waals surface area contributed by atoms with Gasteiger partial charge in [0.2, 0.25) is 0 Å². The van der Waals surface area contributed by atoms with Crippen molar-refractivity contribution >= 4 is 23.2 Å². The maximum absolute atomic E-state index is 4.10. The molecule has 58 valence electrons. The largest absolute Gasteiger partial charge is 0.285 e. The number of aliphatic imine (C=N–C) groups is 1. The van der Waals surface area contributed by atoms with Gasteiger partial charge in [-0.2, -0.15) is 0 Å². The Morgan fingerprint density at radius 2 is 2.10 bits per heavy atom. The van der Waals surface area contributed by atoms with Gasteiger partial charge in [-0.25, -0.2) is 4.40 Å². The molecule has 0 heterocycles. The van der Waals surface area contributed by atoms with Crippen molar-refractivity contribution in [3.8, 4) is 0 Å². The Morgan fingerprint density at radius 3 is 2.50 bits per heavy atom. The van der Waals surface area contributed by atoms with Crippen LogP contribution in [0.25, 0.3) is 0 Å². The molecule has 0 aromatic carbocycles. The van der Waals surface area contributed by atoms with Gasteiger partial charge in [-0.15, -0.1) is 0 Å². The first-order chi connectivity index (χ1) is 4.66. The van der Waals surface area contributed by atoms with Crippen molar-refractivity contribution in [3.05, 3.63) is 0 Å². The zero-order valence-electron chi connectivity index (χ0n) is 6.96. The summed E-state index contributed by atoms with van der Waals surface area (Å²) in [7, 11) is 1.77. The Morgan fingerprint density at radius 1 is 1.50 bits per heavy atom. The van der Waals surface area contributed by atoms with E-state index in [4.69, 9.17) is 0 Å². The van der Waals surface area contributed by atoms with Gasteiger partial charge in [0.05, 0.1) is 5.04 Å². The van der Waals surface area contributed by atoms with Gasteiger partial charge in [0.15, 0.2) is 0 Å². The monoisotopic (exact) mass is 158 g/mol. The second kappa shape index (κ2) is 5.47. The van der Waals surface area contributed by atoms with Crippen LogP contribution < -0.4 is 0 Å². The molecular weight excluding hydrogens is 144 g/mol. The number of nitrogens with zero attached hydrogens (tertiary/aromatic N) is 2. The quantitative estimate of drug-likeness (QED) is 0.344. The predicted octanol–water partition coefficient (Wildman–Crippen LogP) is 2.41. The summed E-state index contributed by atoms with van der Waals surface area (Å²) in [4.78, 5) is 3.95. The predicted molar refractivity (Wildman–Crippen MR) is 50.0 cm³/mol. The topological polar surface area (TPSA) is 24.7 Å². The smallest absolute Gasteiger partial charge is 0.0869 e. The molecular formula is C7H14N2S. The molecule has 3 heteroatoms. The van der Waals surface area contributed by atoms with Crippen molar-refractivity contribution in [2.75, 3.05) is 7.05 Å². The standard InChI is InChI=1S/C7H14N2S/c1-6(2)5-9-10-7(3)8-4/h5-6H,1-4H3/b8-7?,9-5+. The van der Waals surface area contributed by atoms with Crippen LogP contribution in [0.3, 0.4) is 0 Å². The van der Waals surface area contributed by atoms with Crippen LogP contribution in [-0.2, 0) is 0 Å². The molecule has 0 rings (SSSR count). The Bertz CT molecular complexity index is 139. The highest BCUT2D eigenvalue weighted by Crippen LogP contribution is 2.04. The Labute approximate surface area is 67.0 Å². The van der Waals surface area contributed by atoms with Gasteiger partial charge < -0.3 is 0 Å². The van der Waals surface area contributed by atoms with Gasteiger partial charge in [0, 0.05) is 25.2 Å². The fourth-order valence-corrected chi connectivity index (χ4v) is 0.808. The van der Waals surface area contributed by atoms with Crippen LogP contribution in [0.1, 0.15) is 20.8 Å². The molecule has 0 aromatic heterocycles. The maximum Gasteiger partial charge on any atom is 0.0869 e. The van der Waals surface area contributed by atoms with Gasteiger partial charge in [-0.3, -0.25) is 4.99 Å². The minimum Gasteiger partial charge on any atom is -0.285 e. The summed E-state index contributed by atoms with van der Waals surface area (Å²) in [6.45, 7) is 6.15. The lowest BCUT2D eigenvalue weighted by Gasteiger charge is -1.92. The summed E-state index contributed by atoms with van der Waals surface area (Å²) in [5, 5.41) is 0.997. The molecule has 0 saturated carbocycles. The van der Waals surface area contributed by atoms with Crippen LogP contribution in [0.15, 0.2) is 9.39 Å². The van der Waals surface area contributed by atoms with Gasteiger partial charge in [-0.1, -0.05) is 13.8 Å². The van der Waals surface area contributed by atoms with Crippen LogP contribution in [0.5, 0.6) is 0 Å². The highest BCUT2D eigenvalue weighted by Gasteiger charge is 1.87. The van der Waals surface area contributed by atoms with Gasteiger partial charge in [0.1, 0.15) is 0 Å². The average molecular weight is 158 g/mol. The zero-order chi connectivity index (χ0) is 7.98. The lowest BCUT2D eigenvalue weighted by molar-refractivity contribution is 0.910. The Kier molecular flexibility index (Phi) is 5.30. The minimum absolute atomic E-state index is 0.525. The Balaban J connectivity index is 3.54. The highest BCUT2D eigenvalue weighted by molar-refractivity contribution is 8.12. The fraction of sp³-hybridized carbons (Fsp3) is 0.714. The van der Waals surface area contributed by atoms with E-state index in [2.05, 4.69) is 23.2 Å². The summed E-state index contributed by atoms with van der Waals surface area (Å²) < 4.78 is 4.10. The van der Waals surface area contributed by atoms with Crippen molar-refractivity contribution in [2.24, 2.45) is 15.3 Å². The molecule has 0 aliphatic rings. The van der Waals surface area contributed by atoms with Crippen LogP contribution in [0, 0.1) is 5.92 Å². The van der Waals surface area contributed by atoms with E-state index in [0.29, 0.717) is 5.92 Å². The van der Waals surface area contributed by atoms with Gasteiger partial charge in [-0.05, 0) is 12.8 Å². The molecule has 0 amide bonds. The highest BCUT2D eigenvalue weighted by atomic mass is 32.2. The molecule has 0 unspecified atom stereocenters. The first kappa shape index (κ1) is 9.69. The molecule has 0 saturated heterocycles. The van der Waals surface area contributed by atoms with Crippen LogP contribution in [0.2, 0.25) is 0 Å². The summed E-state index contributed by atoms with van der Waals surface area (Å²) in [6, 6.07) is 0. The second-order valence-electron chi connectivity index (χ2n) is 2.33. The third-order valence-corrected chi connectivity index (χ3v) is 1.53. The van der Waals surface area contributed by atoms with Crippen molar-refractivity contribution < 1.29 is 0 Å². The van der Waals surface area contributed by atoms with Gasteiger partial charge >= 0.3 is 0 Å². The summed E-state index contributed by atoms with van der Waals surface area (Å²) >= 11 is 1.42. The molecule has 10 heavy (non-hydrogen) atoms. The molecule has 0 radical (unpaired) electrons. The zero-order valence-corrected chi connectivity index (χ0v) is 7.77. The van der Waals surface area contributed by atoms with Crippen LogP contribution in [0.4, 0.5) is 0 Å². The third-order valence-electron chi connectivity index (χ3n) is 0.859. The first-order valence-corrected chi connectivity index (χ1v) is 4.08. The van der Waals surface area contributed by atoms with Crippen LogP contribution in [-0.4, -0.2) is 18.3 Å². The van der Waals surface area contributed by atoms with E-state index in [1.165, 1.54) is 11.9 Å². The second-order valence-corrected chi connectivity index (χ2v) is 3.32. The average Bonchev–Trinajstić information content (AvgIpc) is 1.87. The number of hydrogen-bond donors (Lipinski definition) is 0. The Hall–Kier alpha value is -0.310. The van der Waals surface area contributed by atoms with Crippen molar-refractivity contribution in [1.29, 1.82) is 0 Å². The minimum atomic E-state index is 0.525. The van der Waals surface area contributed by atoms with Gasteiger partial charge in [0.25, 0.3) is 0 Å². The normalized spacial score (nSPS) is 13.5. The molecule has 0 atom stereocenters. The van der Waals surface area contributed by atoms with Crippen LogP contribution >= 0.6 is 11.9 Å². The lowest BCUT2D eigenvalue weighted by Crippen LogP contribution is -1.86. The first-order valence-electron chi connectivity index (χ1n) is 3.30. The molecule has 0 fully saturated rings. The van der Waals surface area contributed by atoms with Crippen molar-refractivity contribution in [1.82, 2.24) is 0 Å². The van der Waals surface area contributed by atoms with Crippen molar-refractivity contribution in [2.45, 2.75) is 20.8 Å². The van der Waals surface area contributed by atoms with Crippen molar-refractivity contribution in [3.63, 3.8) is 0 Å². The third kappa shape index (κ3) is 5.82. The fourth-order valence-electron chi connectivity index (χ4n) is 0.269. The molecule has 0 aliphatic carbocycles. The van der Waals surface area contributed by atoms with E-state index >= 15 is 0 Å². The lowest BCUT2D eigenvalue weighted by atomic mass is 10.3. The molecule has 0 aromatic rings. The van der Waals surface area contributed by atoms with E-state index in [9.17, 15) is 0 Å². The maximum atomic E-state index is 4.10. The van der Waals surface area contributed by atoms with E-state index in [-0.39, 0.29) is 0 Å². The van der Waals surface area contributed by atoms with E-state index in [1.54, 1.807) is 7.05 Å². The number of hydrogen-bond acceptors (Lipinski definition) is 3. The van der Waals surface area contributed by atoms with E-state index in [1.807, 2.05) is 13.1 Å². The summed E-state index contributed by atoms with van der Waals surface area (Å²) in [5.41, 5.74) is 0. The van der Waals surface area contributed by atoms with E-state index < -0.39 is 0 Å². The molecule has 0 spiro atoms. The number of rotatable bonds is 2. The molecule has 0 aliphatic heterocycles. The molecule has 2 nitrogen and oxygen atoms in total.